The van der Waals surface area contributed by atoms with Crippen LogP contribution in [0.25, 0.3) is 0 Å². The zero-order valence-corrected chi connectivity index (χ0v) is 12.4. The van der Waals surface area contributed by atoms with E-state index in [0.29, 0.717) is 18.1 Å². The number of hydrogen-bond donors (Lipinski definition) is 1. The Hall–Kier alpha value is -2.20. The molecule has 2 rings (SSSR count). The van der Waals surface area contributed by atoms with Crippen LogP contribution in [0.3, 0.4) is 0 Å². The van der Waals surface area contributed by atoms with Crippen molar-refractivity contribution in [1.29, 1.82) is 0 Å². The van der Waals surface area contributed by atoms with Crippen molar-refractivity contribution < 1.29 is 14.2 Å². The first-order valence-corrected chi connectivity index (χ1v) is 6.90. The van der Waals surface area contributed by atoms with Gasteiger partial charge in [-0.1, -0.05) is 24.3 Å². The van der Waals surface area contributed by atoms with Gasteiger partial charge in [-0.2, -0.15) is 0 Å². The predicted octanol–water partition coefficient (Wildman–Crippen LogP) is 3.17. The predicted molar refractivity (Wildman–Crippen MR) is 83.0 cm³/mol. The van der Waals surface area contributed by atoms with Gasteiger partial charge in [-0.3, -0.25) is 0 Å². The summed E-state index contributed by atoms with van der Waals surface area (Å²) in [5.74, 6) is 2.25. The molecule has 4 nitrogen and oxygen atoms in total. The van der Waals surface area contributed by atoms with Gasteiger partial charge in [0.25, 0.3) is 0 Å². The Balaban J connectivity index is 1.92. The maximum absolute atomic E-state index is 6.20. The Kier molecular flexibility index (Phi) is 5.46. The van der Waals surface area contributed by atoms with E-state index >= 15 is 0 Å². The molecule has 21 heavy (non-hydrogen) atoms. The van der Waals surface area contributed by atoms with Gasteiger partial charge >= 0.3 is 0 Å². The zero-order chi connectivity index (χ0) is 15.1. The number of benzene rings is 2. The number of rotatable bonds is 7. The minimum Gasteiger partial charge on any atom is -0.494 e. The summed E-state index contributed by atoms with van der Waals surface area (Å²) < 4.78 is 16.2. The van der Waals surface area contributed by atoms with Crippen molar-refractivity contribution in [3.05, 3.63) is 54.1 Å². The van der Waals surface area contributed by atoms with Crippen LogP contribution in [-0.4, -0.2) is 20.8 Å². The summed E-state index contributed by atoms with van der Waals surface area (Å²) in [7, 11) is 3.23. The summed E-state index contributed by atoms with van der Waals surface area (Å²) in [6.07, 6.45) is 0.727. The maximum atomic E-state index is 6.20. The monoisotopic (exact) mass is 287 g/mol. The Morgan fingerprint density at radius 3 is 2.33 bits per heavy atom. The summed E-state index contributed by atoms with van der Waals surface area (Å²) in [5.41, 5.74) is 7.20. The van der Waals surface area contributed by atoms with Gasteiger partial charge in [0, 0.05) is 12.5 Å². The second-order valence-corrected chi connectivity index (χ2v) is 4.67. The largest absolute Gasteiger partial charge is 0.494 e. The molecular weight excluding hydrogens is 266 g/mol. The summed E-state index contributed by atoms with van der Waals surface area (Å²) in [5, 5.41) is 0. The molecular formula is C17H21NO3. The van der Waals surface area contributed by atoms with Crippen LogP contribution < -0.4 is 19.9 Å². The van der Waals surface area contributed by atoms with Gasteiger partial charge in [0.2, 0.25) is 0 Å². The van der Waals surface area contributed by atoms with Gasteiger partial charge in [-0.05, 0) is 29.8 Å². The van der Waals surface area contributed by atoms with Crippen LogP contribution in [-0.2, 0) is 0 Å². The highest BCUT2D eigenvalue weighted by atomic mass is 16.5. The first kappa shape index (κ1) is 15.2. The van der Waals surface area contributed by atoms with Crippen molar-refractivity contribution in [3.8, 4) is 17.2 Å². The Bertz CT molecular complexity index is 557. The van der Waals surface area contributed by atoms with E-state index in [1.807, 2.05) is 48.5 Å². The second kappa shape index (κ2) is 7.55. The lowest BCUT2D eigenvalue weighted by Crippen LogP contribution is -2.14. The van der Waals surface area contributed by atoms with E-state index in [2.05, 4.69) is 0 Å². The average Bonchev–Trinajstić information content (AvgIpc) is 2.55. The van der Waals surface area contributed by atoms with Crippen LogP contribution in [0.5, 0.6) is 17.2 Å². The minimum atomic E-state index is -0.103. The number of methoxy groups -OCH3 is 2. The van der Waals surface area contributed by atoms with Crippen LogP contribution in [0, 0.1) is 0 Å². The zero-order valence-electron chi connectivity index (χ0n) is 12.4. The number of nitrogens with two attached hydrogens (primary N) is 1. The van der Waals surface area contributed by atoms with Gasteiger partial charge in [0.05, 0.1) is 20.8 Å². The van der Waals surface area contributed by atoms with Crippen molar-refractivity contribution >= 4 is 0 Å². The molecule has 0 spiro atoms. The van der Waals surface area contributed by atoms with Crippen molar-refractivity contribution in [3.63, 3.8) is 0 Å². The Morgan fingerprint density at radius 1 is 0.952 bits per heavy atom. The molecule has 0 amide bonds. The molecule has 0 saturated carbocycles. The molecule has 0 fully saturated rings. The van der Waals surface area contributed by atoms with Crippen molar-refractivity contribution in [1.82, 2.24) is 0 Å². The molecule has 1 atom stereocenters. The highest BCUT2D eigenvalue weighted by Gasteiger charge is 2.10. The van der Waals surface area contributed by atoms with Gasteiger partial charge in [-0.25, -0.2) is 0 Å². The van der Waals surface area contributed by atoms with E-state index in [-0.39, 0.29) is 6.04 Å². The molecule has 0 radical (unpaired) electrons. The number of para-hydroxylation sites is 1. The molecule has 2 aromatic rings. The van der Waals surface area contributed by atoms with Crippen molar-refractivity contribution in [2.24, 2.45) is 5.73 Å². The molecule has 4 heteroatoms. The molecule has 2 N–H and O–H groups in total. The maximum Gasteiger partial charge on any atom is 0.161 e. The quantitative estimate of drug-likeness (QED) is 0.850. The topological polar surface area (TPSA) is 53.7 Å². The average molecular weight is 287 g/mol. The fourth-order valence-electron chi connectivity index (χ4n) is 2.07. The first-order valence-electron chi connectivity index (χ1n) is 6.90. The third-order valence-corrected chi connectivity index (χ3v) is 3.28. The summed E-state index contributed by atoms with van der Waals surface area (Å²) in [4.78, 5) is 0. The Labute approximate surface area is 125 Å². The molecule has 1 unspecified atom stereocenters. The summed E-state index contributed by atoms with van der Waals surface area (Å²) in [6, 6.07) is 15.3. The molecule has 0 bridgehead atoms. The smallest absolute Gasteiger partial charge is 0.161 e. The summed E-state index contributed by atoms with van der Waals surface area (Å²) in [6.45, 7) is 0.569. The lowest BCUT2D eigenvalue weighted by atomic mass is 10.0. The van der Waals surface area contributed by atoms with E-state index < -0.39 is 0 Å². The fourth-order valence-corrected chi connectivity index (χ4v) is 2.07. The SMILES string of the molecule is COc1ccc(C(N)CCOc2ccccc2)cc1OC. The highest BCUT2D eigenvalue weighted by Crippen LogP contribution is 2.30. The van der Waals surface area contributed by atoms with E-state index in [1.54, 1.807) is 14.2 Å². The van der Waals surface area contributed by atoms with Gasteiger partial charge < -0.3 is 19.9 Å². The molecule has 0 aliphatic carbocycles. The summed E-state index contributed by atoms with van der Waals surface area (Å²) >= 11 is 0. The molecule has 0 aliphatic heterocycles. The number of hydrogen-bond acceptors (Lipinski definition) is 4. The third-order valence-electron chi connectivity index (χ3n) is 3.28. The van der Waals surface area contributed by atoms with Crippen LogP contribution in [0.1, 0.15) is 18.0 Å². The normalized spacial score (nSPS) is 11.8. The molecule has 0 aromatic heterocycles. The molecule has 0 heterocycles. The van der Waals surface area contributed by atoms with Crippen molar-refractivity contribution in [2.75, 3.05) is 20.8 Å². The van der Waals surface area contributed by atoms with Crippen LogP contribution >= 0.6 is 0 Å². The first-order chi connectivity index (χ1) is 10.2. The molecule has 112 valence electrons. The number of ether oxygens (including phenoxy) is 3. The van der Waals surface area contributed by atoms with Crippen LogP contribution in [0.15, 0.2) is 48.5 Å². The third kappa shape index (κ3) is 4.13. The second-order valence-electron chi connectivity index (χ2n) is 4.67. The van der Waals surface area contributed by atoms with Crippen molar-refractivity contribution in [2.45, 2.75) is 12.5 Å². The molecule has 0 saturated heterocycles. The lowest BCUT2D eigenvalue weighted by molar-refractivity contribution is 0.298. The van der Waals surface area contributed by atoms with Gasteiger partial charge in [-0.15, -0.1) is 0 Å². The molecule has 0 aliphatic rings. The highest BCUT2D eigenvalue weighted by molar-refractivity contribution is 5.43. The van der Waals surface area contributed by atoms with Crippen LogP contribution in [0.2, 0.25) is 0 Å². The molecule has 2 aromatic carbocycles. The standard InChI is InChI=1S/C17H21NO3/c1-19-16-9-8-13(12-17(16)20-2)15(18)10-11-21-14-6-4-3-5-7-14/h3-9,12,15H,10-11,18H2,1-2H3. The Morgan fingerprint density at radius 2 is 1.67 bits per heavy atom. The van der Waals surface area contributed by atoms with E-state index in [1.165, 1.54) is 0 Å². The fraction of sp³-hybridized carbons (Fsp3) is 0.294. The van der Waals surface area contributed by atoms with Crippen LogP contribution in [0.4, 0.5) is 0 Å². The van der Waals surface area contributed by atoms with E-state index in [0.717, 1.165) is 17.7 Å². The minimum absolute atomic E-state index is 0.103. The van der Waals surface area contributed by atoms with E-state index in [9.17, 15) is 0 Å². The van der Waals surface area contributed by atoms with Gasteiger partial charge in [0.1, 0.15) is 5.75 Å². The lowest BCUT2D eigenvalue weighted by Gasteiger charge is -2.15. The van der Waals surface area contributed by atoms with E-state index in [4.69, 9.17) is 19.9 Å². The van der Waals surface area contributed by atoms with Gasteiger partial charge in [0.15, 0.2) is 11.5 Å².